The molecule has 2 aromatic carbocycles. The van der Waals surface area contributed by atoms with Gasteiger partial charge in [-0.2, -0.15) is 0 Å². The molecule has 0 aromatic heterocycles. The number of hydrogen-bond acceptors (Lipinski definition) is 3. The lowest BCUT2D eigenvalue weighted by atomic mass is 10.1. The fourth-order valence-corrected chi connectivity index (χ4v) is 5.08. The van der Waals surface area contributed by atoms with Crippen LogP contribution in [0.2, 0.25) is 0 Å². The van der Waals surface area contributed by atoms with Crippen molar-refractivity contribution in [1.29, 1.82) is 0 Å². The highest BCUT2D eigenvalue weighted by molar-refractivity contribution is 8.19. The van der Waals surface area contributed by atoms with E-state index >= 15 is 0 Å². The Bertz CT molecular complexity index is 659. The summed E-state index contributed by atoms with van der Waals surface area (Å²) in [6.45, 7) is 0. The molecule has 108 valence electrons. The van der Waals surface area contributed by atoms with Crippen molar-refractivity contribution in [2.75, 3.05) is 18.2 Å². The molecule has 1 heterocycles. The van der Waals surface area contributed by atoms with Gasteiger partial charge in [-0.25, -0.2) is 0 Å². The van der Waals surface area contributed by atoms with Gasteiger partial charge in [0.2, 0.25) is 0 Å². The molecule has 1 aliphatic heterocycles. The van der Waals surface area contributed by atoms with E-state index in [1.54, 1.807) is 28.4 Å². The topological polar surface area (TPSA) is 20.3 Å². The number of rotatable bonds is 3. The molecular weight excluding hydrogens is 298 g/mol. The summed E-state index contributed by atoms with van der Waals surface area (Å²) >= 11 is 3.32. The van der Waals surface area contributed by atoms with Crippen LogP contribution in [0.4, 0.5) is 5.69 Å². The van der Waals surface area contributed by atoms with Gasteiger partial charge in [-0.1, -0.05) is 54.2 Å². The second kappa shape index (κ2) is 5.78. The highest BCUT2D eigenvalue weighted by Gasteiger charge is 2.45. The number of fused-ring (bicyclic) bond motifs is 1. The van der Waals surface area contributed by atoms with Crippen LogP contribution in [-0.2, 0) is 11.2 Å². The molecular formula is C17H17NOS2. The van der Waals surface area contributed by atoms with Crippen LogP contribution in [0, 0.1) is 0 Å². The number of thioether (sulfide) groups is 2. The van der Waals surface area contributed by atoms with Crippen molar-refractivity contribution in [2.24, 2.45) is 0 Å². The number of hydrogen-bond donors (Lipinski definition) is 0. The first-order valence-corrected chi connectivity index (χ1v) is 8.86. The third kappa shape index (κ3) is 2.58. The second-order valence-corrected chi connectivity index (χ2v) is 7.76. The van der Waals surface area contributed by atoms with Crippen LogP contribution in [0.3, 0.4) is 0 Å². The van der Waals surface area contributed by atoms with Crippen LogP contribution < -0.4 is 4.90 Å². The molecule has 3 rings (SSSR count). The molecule has 1 amide bonds. The Labute approximate surface area is 133 Å². The Balaban J connectivity index is 2.01. The highest BCUT2D eigenvalue weighted by atomic mass is 32.2. The Morgan fingerprint density at radius 1 is 1.10 bits per heavy atom. The van der Waals surface area contributed by atoms with Crippen LogP contribution in [0.15, 0.2) is 59.5 Å². The Kier molecular flexibility index (Phi) is 4.00. The maximum atomic E-state index is 12.9. The zero-order chi connectivity index (χ0) is 14.9. The molecule has 1 atom stereocenters. The van der Waals surface area contributed by atoms with E-state index in [9.17, 15) is 4.79 Å². The third-order valence-corrected chi connectivity index (χ3v) is 6.68. The lowest BCUT2D eigenvalue weighted by Crippen LogP contribution is -2.47. The summed E-state index contributed by atoms with van der Waals surface area (Å²) in [4.78, 5) is 15.9. The first-order chi connectivity index (χ1) is 10.2. The van der Waals surface area contributed by atoms with E-state index < -0.39 is 4.08 Å². The summed E-state index contributed by atoms with van der Waals surface area (Å²) in [5.41, 5.74) is 2.20. The molecule has 0 fully saturated rings. The summed E-state index contributed by atoms with van der Waals surface area (Å²) in [7, 11) is 1.87. The van der Waals surface area contributed by atoms with Crippen LogP contribution in [0.1, 0.15) is 5.56 Å². The molecule has 0 aliphatic carbocycles. The van der Waals surface area contributed by atoms with E-state index in [2.05, 4.69) is 18.2 Å². The quantitative estimate of drug-likeness (QED) is 0.852. The van der Waals surface area contributed by atoms with E-state index in [1.165, 1.54) is 10.5 Å². The van der Waals surface area contributed by atoms with Gasteiger partial charge in [0.25, 0.3) is 5.91 Å². The van der Waals surface area contributed by atoms with E-state index in [4.69, 9.17) is 0 Å². The van der Waals surface area contributed by atoms with E-state index in [0.717, 1.165) is 12.1 Å². The highest BCUT2D eigenvalue weighted by Crippen LogP contribution is 2.51. The number of carbonyl (C=O) groups excluding carboxylic acids is 1. The molecule has 4 heteroatoms. The smallest absolute Gasteiger partial charge is 0.253 e. The van der Waals surface area contributed by atoms with Gasteiger partial charge in [-0.3, -0.25) is 4.79 Å². The van der Waals surface area contributed by atoms with Gasteiger partial charge in [0.1, 0.15) is 4.08 Å². The van der Waals surface area contributed by atoms with Crippen molar-refractivity contribution in [3.63, 3.8) is 0 Å². The molecule has 0 saturated heterocycles. The fourth-order valence-electron chi connectivity index (χ4n) is 2.58. The predicted octanol–water partition coefficient (Wildman–Crippen LogP) is 4.06. The molecule has 2 aromatic rings. The van der Waals surface area contributed by atoms with Crippen LogP contribution in [0.5, 0.6) is 0 Å². The monoisotopic (exact) mass is 315 g/mol. The molecule has 0 saturated carbocycles. The van der Waals surface area contributed by atoms with Crippen molar-refractivity contribution in [1.82, 2.24) is 0 Å². The van der Waals surface area contributed by atoms with Crippen molar-refractivity contribution in [3.8, 4) is 0 Å². The largest absolute Gasteiger partial charge is 0.312 e. The van der Waals surface area contributed by atoms with Crippen molar-refractivity contribution >= 4 is 35.1 Å². The zero-order valence-corrected chi connectivity index (χ0v) is 13.7. The molecule has 1 aliphatic rings. The van der Waals surface area contributed by atoms with Crippen LogP contribution >= 0.6 is 23.5 Å². The number of nitrogens with zero attached hydrogens (tertiary/aromatic N) is 1. The Morgan fingerprint density at radius 3 is 2.48 bits per heavy atom. The SMILES string of the molecule is CSC1(Cc2ccccc2)Sc2ccccc2N(C)C1=O. The minimum absolute atomic E-state index is 0.169. The summed E-state index contributed by atoms with van der Waals surface area (Å²) in [5, 5.41) is 0. The second-order valence-electron chi connectivity index (χ2n) is 5.05. The lowest BCUT2D eigenvalue weighted by Gasteiger charge is -2.39. The van der Waals surface area contributed by atoms with E-state index in [1.807, 2.05) is 49.7 Å². The average Bonchev–Trinajstić information content (AvgIpc) is 2.53. The van der Waals surface area contributed by atoms with Crippen molar-refractivity contribution in [3.05, 3.63) is 60.2 Å². The molecule has 0 spiro atoms. The fraction of sp³-hybridized carbons (Fsp3) is 0.235. The van der Waals surface area contributed by atoms with Gasteiger partial charge in [0.15, 0.2) is 0 Å². The Hall–Kier alpha value is -1.39. The zero-order valence-electron chi connectivity index (χ0n) is 12.1. The molecule has 1 unspecified atom stereocenters. The number of anilines is 1. The maximum Gasteiger partial charge on any atom is 0.253 e. The number of benzene rings is 2. The van der Waals surface area contributed by atoms with E-state index in [-0.39, 0.29) is 5.91 Å². The summed E-state index contributed by atoms with van der Waals surface area (Å²) in [6.07, 6.45) is 2.76. The molecule has 2 nitrogen and oxygen atoms in total. The van der Waals surface area contributed by atoms with Gasteiger partial charge in [0, 0.05) is 18.4 Å². The van der Waals surface area contributed by atoms with Crippen LogP contribution in [-0.4, -0.2) is 23.3 Å². The summed E-state index contributed by atoms with van der Waals surface area (Å²) < 4.78 is -0.482. The maximum absolute atomic E-state index is 12.9. The minimum atomic E-state index is -0.482. The summed E-state index contributed by atoms with van der Waals surface area (Å²) in [6, 6.07) is 18.4. The third-order valence-electron chi connectivity index (χ3n) is 3.74. The average molecular weight is 315 g/mol. The molecule has 21 heavy (non-hydrogen) atoms. The van der Waals surface area contributed by atoms with Gasteiger partial charge < -0.3 is 4.90 Å². The van der Waals surface area contributed by atoms with Crippen molar-refractivity contribution < 1.29 is 4.79 Å². The van der Waals surface area contributed by atoms with Crippen molar-refractivity contribution in [2.45, 2.75) is 15.4 Å². The summed E-state index contributed by atoms with van der Waals surface area (Å²) in [5.74, 6) is 0.169. The lowest BCUT2D eigenvalue weighted by molar-refractivity contribution is -0.118. The van der Waals surface area contributed by atoms with Gasteiger partial charge in [0.05, 0.1) is 5.69 Å². The van der Waals surface area contributed by atoms with E-state index in [0.29, 0.717) is 0 Å². The van der Waals surface area contributed by atoms with Crippen LogP contribution in [0.25, 0.3) is 0 Å². The molecule has 0 bridgehead atoms. The first-order valence-electron chi connectivity index (χ1n) is 6.81. The molecule has 0 radical (unpaired) electrons. The predicted molar refractivity (Wildman–Crippen MR) is 92.1 cm³/mol. The number of carbonyl (C=O) groups is 1. The van der Waals surface area contributed by atoms with Gasteiger partial charge in [-0.15, -0.1) is 11.8 Å². The Morgan fingerprint density at radius 2 is 1.76 bits per heavy atom. The first kappa shape index (κ1) is 14.5. The number of para-hydroxylation sites is 1. The normalized spacial score (nSPS) is 21.2. The number of amides is 1. The van der Waals surface area contributed by atoms with Gasteiger partial charge in [-0.05, 0) is 24.0 Å². The minimum Gasteiger partial charge on any atom is -0.312 e. The molecule has 0 N–H and O–H groups in total. The standard InChI is InChI=1S/C17H17NOS2/c1-18-14-10-6-7-11-15(14)21-17(20-2,16(18)19)12-13-8-4-3-5-9-13/h3-11H,12H2,1-2H3. The van der Waals surface area contributed by atoms with Gasteiger partial charge >= 0.3 is 0 Å².